The van der Waals surface area contributed by atoms with Gasteiger partial charge in [0.05, 0.1) is 11.4 Å². The van der Waals surface area contributed by atoms with E-state index in [0.717, 1.165) is 19.6 Å². The average molecular weight is 348 g/mol. The molecule has 0 atom stereocenters. The summed E-state index contributed by atoms with van der Waals surface area (Å²) in [6.45, 7) is 8.98. The maximum Gasteiger partial charge on any atom is 0.398 e. The van der Waals surface area contributed by atoms with E-state index >= 15 is 0 Å². The van der Waals surface area contributed by atoms with Crippen LogP contribution < -0.4 is 4.90 Å². The average Bonchev–Trinajstić information content (AvgIpc) is 2.47. The molecule has 0 N–H and O–H groups in total. The topological polar surface area (TPSA) is 6.48 Å². The highest BCUT2D eigenvalue weighted by Crippen LogP contribution is 2.34. The molecule has 2 nitrogen and oxygen atoms in total. The van der Waals surface area contributed by atoms with Gasteiger partial charge < -0.3 is 4.90 Å². The highest BCUT2D eigenvalue weighted by atomic mass is 32.2. The molecule has 1 aliphatic heterocycles. The molecule has 0 saturated carbocycles. The minimum atomic E-state index is -4.23. The lowest BCUT2D eigenvalue weighted by molar-refractivity contribution is -0.105. The molecule has 1 fully saturated rings. The van der Waals surface area contributed by atoms with Crippen molar-refractivity contribution in [2.75, 3.05) is 43.4 Å². The number of hydrogen-bond acceptors (Lipinski definition) is 3. The first-order valence-corrected chi connectivity index (χ1v) is 8.36. The molecule has 1 aromatic carbocycles. The third kappa shape index (κ3) is 5.14. The highest BCUT2D eigenvalue weighted by Gasteiger charge is 2.28. The maximum atomic E-state index is 14.2. The van der Waals surface area contributed by atoms with E-state index in [-0.39, 0.29) is 5.82 Å². The Morgan fingerprint density at radius 2 is 1.87 bits per heavy atom. The molecule has 2 rings (SSSR count). The van der Waals surface area contributed by atoms with Crippen LogP contribution in [0.1, 0.15) is 5.56 Å². The molecule has 0 bridgehead atoms. The van der Waals surface area contributed by atoms with Crippen LogP contribution in [-0.4, -0.2) is 49.6 Å². The Kier molecular flexibility index (Phi) is 5.97. The summed E-state index contributed by atoms with van der Waals surface area (Å²) in [4.78, 5) is 4.58. The van der Waals surface area contributed by atoms with Crippen LogP contribution in [0.25, 0.3) is 0 Å². The summed E-state index contributed by atoms with van der Waals surface area (Å²) in [7, 11) is 0. The molecule has 0 aromatic heterocycles. The first kappa shape index (κ1) is 18.1. The van der Waals surface area contributed by atoms with Gasteiger partial charge in [-0.15, -0.1) is 18.3 Å². The zero-order valence-corrected chi connectivity index (χ0v) is 13.8. The molecule has 7 heteroatoms. The van der Waals surface area contributed by atoms with E-state index in [1.165, 1.54) is 6.07 Å². The van der Waals surface area contributed by atoms with Crippen molar-refractivity contribution >= 4 is 17.4 Å². The van der Waals surface area contributed by atoms with Crippen molar-refractivity contribution < 1.29 is 17.6 Å². The second-order valence-corrected chi connectivity index (χ2v) is 6.57. The first-order valence-electron chi connectivity index (χ1n) is 7.38. The number of anilines is 1. The van der Waals surface area contributed by atoms with E-state index in [4.69, 9.17) is 0 Å². The van der Waals surface area contributed by atoms with Crippen molar-refractivity contribution in [1.82, 2.24) is 4.90 Å². The molecular weight excluding hydrogens is 328 g/mol. The molecular formula is C16H20F4N2S. The molecule has 1 aromatic rings. The van der Waals surface area contributed by atoms with Gasteiger partial charge in [-0.2, -0.15) is 13.2 Å². The summed E-state index contributed by atoms with van der Waals surface area (Å²) >= 11 is 0.708. The number of hydrogen-bond donors (Lipinski definition) is 0. The van der Waals surface area contributed by atoms with Crippen LogP contribution in [-0.2, 0) is 0 Å². The van der Waals surface area contributed by atoms with Crippen molar-refractivity contribution in [3.05, 3.63) is 36.2 Å². The van der Waals surface area contributed by atoms with E-state index < -0.39 is 11.9 Å². The lowest BCUT2D eigenvalue weighted by atomic mass is 10.2. The van der Waals surface area contributed by atoms with E-state index in [1.807, 2.05) is 11.0 Å². The van der Waals surface area contributed by atoms with Crippen LogP contribution in [0.2, 0.25) is 0 Å². The van der Waals surface area contributed by atoms with Crippen LogP contribution >= 0.6 is 11.8 Å². The van der Waals surface area contributed by atoms with Gasteiger partial charge >= 0.3 is 6.18 Å². The van der Waals surface area contributed by atoms with Crippen molar-refractivity contribution in [3.63, 3.8) is 0 Å². The van der Waals surface area contributed by atoms with Crippen molar-refractivity contribution in [1.29, 1.82) is 0 Å². The number of benzene rings is 1. The molecule has 23 heavy (non-hydrogen) atoms. The van der Waals surface area contributed by atoms with E-state index in [0.29, 0.717) is 41.0 Å². The molecule has 1 aliphatic rings. The number of nitrogens with zero attached hydrogens (tertiary/aromatic N) is 2. The summed E-state index contributed by atoms with van der Waals surface area (Å²) in [5.41, 5.74) is 0.921. The van der Waals surface area contributed by atoms with E-state index in [1.54, 1.807) is 13.0 Å². The summed E-state index contributed by atoms with van der Waals surface area (Å²) in [5.74, 6) is -1.34. The Bertz CT molecular complexity index is 552. The number of alkyl halides is 3. The molecule has 0 radical (unpaired) electrons. The third-order valence-electron chi connectivity index (χ3n) is 3.74. The van der Waals surface area contributed by atoms with Gasteiger partial charge in [0.15, 0.2) is 0 Å². The molecule has 0 spiro atoms. The van der Waals surface area contributed by atoms with Gasteiger partial charge in [0.25, 0.3) is 0 Å². The van der Waals surface area contributed by atoms with Gasteiger partial charge in [0, 0.05) is 37.6 Å². The monoisotopic (exact) mass is 348 g/mol. The van der Waals surface area contributed by atoms with Gasteiger partial charge in [0.1, 0.15) is 5.82 Å². The summed E-state index contributed by atoms with van der Waals surface area (Å²) in [5, 5.41) is 0. The van der Waals surface area contributed by atoms with Crippen molar-refractivity contribution in [2.24, 2.45) is 0 Å². The summed E-state index contributed by atoms with van der Waals surface area (Å²) in [6, 6.07) is 2.87. The van der Waals surface area contributed by atoms with Gasteiger partial charge in [-0.3, -0.25) is 4.90 Å². The lowest BCUT2D eigenvalue weighted by Gasteiger charge is -2.36. The van der Waals surface area contributed by atoms with Crippen LogP contribution in [0.15, 0.2) is 29.7 Å². The minimum Gasteiger partial charge on any atom is -0.367 e. The van der Waals surface area contributed by atoms with Gasteiger partial charge in [-0.1, -0.05) is 6.08 Å². The zero-order chi connectivity index (χ0) is 17.0. The van der Waals surface area contributed by atoms with Gasteiger partial charge in [0.2, 0.25) is 0 Å². The fourth-order valence-corrected chi connectivity index (χ4v) is 3.35. The number of thioether (sulfide) groups is 1. The Morgan fingerprint density at radius 3 is 2.43 bits per heavy atom. The quantitative estimate of drug-likeness (QED) is 0.449. The van der Waals surface area contributed by atoms with E-state index in [2.05, 4.69) is 11.5 Å². The predicted molar refractivity (Wildman–Crippen MR) is 86.8 cm³/mol. The Morgan fingerprint density at radius 1 is 1.22 bits per heavy atom. The fraction of sp³-hybridized carbons (Fsp3) is 0.500. The fourth-order valence-electron chi connectivity index (χ4n) is 2.55. The first-order chi connectivity index (χ1) is 10.8. The standard InChI is InChI=1S/C16H20F4N2S/c1-3-4-21-5-7-22(8-6-21)14-10-15(12(2)9-13(14)17)23-11-16(18,19)20/h3,9-10H,1,4-8,11H2,2H3. The van der Waals surface area contributed by atoms with Gasteiger partial charge in [-0.05, 0) is 24.6 Å². The second kappa shape index (κ2) is 7.57. The van der Waals surface area contributed by atoms with Gasteiger partial charge in [-0.25, -0.2) is 4.39 Å². The Balaban J connectivity index is 2.11. The van der Waals surface area contributed by atoms with Crippen LogP contribution in [0.4, 0.5) is 23.2 Å². The summed E-state index contributed by atoms with van der Waals surface area (Å²) in [6.07, 6.45) is -2.41. The number of rotatable bonds is 5. The minimum absolute atomic E-state index is 0.379. The number of halogens is 4. The number of piperazine rings is 1. The highest BCUT2D eigenvalue weighted by molar-refractivity contribution is 7.99. The van der Waals surface area contributed by atoms with E-state index in [9.17, 15) is 17.6 Å². The molecule has 0 unspecified atom stereocenters. The Hall–Kier alpha value is -1.21. The van der Waals surface area contributed by atoms with Crippen molar-refractivity contribution in [3.8, 4) is 0 Å². The SMILES string of the molecule is C=CCN1CCN(c2cc(SCC(F)(F)F)c(C)cc2F)CC1. The van der Waals surface area contributed by atoms with Crippen LogP contribution in [0.3, 0.4) is 0 Å². The number of aryl methyl sites for hydroxylation is 1. The molecule has 0 amide bonds. The zero-order valence-electron chi connectivity index (χ0n) is 13.0. The van der Waals surface area contributed by atoms with Crippen molar-refractivity contribution in [2.45, 2.75) is 18.0 Å². The van der Waals surface area contributed by atoms with Crippen LogP contribution in [0.5, 0.6) is 0 Å². The second-order valence-electron chi connectivity index (χ2n) is 5.55. The maximum absolute atomic E-state index is 14.2. The largest absolute Gasteiger partial charge is 0.398 e. The summed E-state index contributed by atoms with van der Waals surface area (Å²) < 4.78 is 51.4. The van der Waals surface area contributed by atoms with Crippen LogP contribution in [0, 0.1) is 12.7 Å². The predicted octanol–water partition coefficient (Wildman–Crippen LogP) is 4.10. The lowest BCUT2D eigenvalue weighted by Crippen LogP contribution is -2.46. The molecule has 128 valence electrons. The Labute approximate surface area is 138 Å². The third-order valence-corrected chi connectivity index (χ3v) is 4.96. The molecule has 0 aliphatic carbocycles. The molecule has 1 heterocycles. The molecule has 1 saturated heterocycles. The smallest absolute Gasteiger partial charge is 0.367 e. The normalized spacial score (nSPS) is 16.7.